The molecule has 4 nitrogen and oxygen atoms in total. The van der Waals surface area contributed by atoms with Crippen LogP contribution in [0.25, 0.3) is 0 Å². The summed E-state index contributed by atoms with van der Waals surface area (Å²) in [5.74, 6) is -0.241. The van der Waals surface area contributed by atoms with Gasteiger partial charge >= 0.3 is 5.97 Å². The fraction of sp³-hybridized carbons (Fsp3) is 0.462. The summed E-state index contributed by atoms with van der Waals surface area (Å²) in [6.07, 6.45) is 1.24. The first kappa shape index (κ1) is 13.5. The van der Waals surface area contributed by atoms with Gasteiger partial charge in [-0.05, 0) is 24.1 Å². The number of benzene rings is 1. The first-order valence-electron chi connectivity index (χ1n) is 5.80. The minimum Gasteiger partial charge on any atom is -0.463 e. The number of nitrogen functional groups attached to an aromatic ring is 1. The molecule has 0 saturated carbocycles. The summed E-state index contributed by atoms with van der Waals surface area (Å²) < 4.78 is 10.2. The van der Waals surface area contributed by atoms with E-state index in [2.05, 4.69) is 0 Å². The molecule has 1 aromatic carbocycles. The highest BCUT2D eigenvalue weighted by atomic mass is 16.6. The third kappa shape index (κ3) is 5.92. The Bertz CT molecular complexity index is 335. The molecular weight excluding hydrogens is 218 g/mol. The Balaban J connectivity index is 2.18. The molecule has 1 rings (SSSR count). The maximum atomic E-state index is 11.4. The number of hydrogen-bond donors (Lipinski definition) is 1. The molecule has 0 radical (unpaired) electrons. The zero-order valence-electron chi connectivity index (χ0n) is 10.1. The van der Waals surface area contributed by atoms with E-state index in [-0.39, 0.29) is 12.4 Å². The number of nitrogens with two attached hydrogens (primary N) is 1. The fourth-order valence-electron chi connectivity index (χ4n) is 1.31. The van der Waals surface area contributed by atoms with Gasteiger partial charge in [-0.1, -0.05) is 19.1 Å². The van der Waals surface area contributed by atoms with Crippen molar-refractivity contribution in [1.29, 1.82) is 0 Å². The average molecular weight is 237 g/mol. The van der Waals surface area contributed by atoms with Crippen LogP contribution in [0.2, 0.25) is 0 Å². The van der Waals surface area contributed by atoms with Gasteiger partial charge in [-0.2, -0.15) is 0 Å². The lowest BCUT2D eigenvalue weighted by molar-refractivity contribution is -0.144. The second-order valence-electron chi connectivity index (χ2n) is 3.75. The number of esters is 1. The first-order valence-corrected chi connectivity index (χ1v) is 5.80. The van der Waals surface area contributed by atoms with Crippen molar-refractivity contribution >= 4 is 11.7 Å². The molecule has 0 fully saturated rings. The second-order valence-corrected chi connectivity index (χ2v) is 3.75. The Morgan fingerprint density at radius 3 is 2.53 bits per heavy atom. The summed E-state index contributed by atoms with van der Waals surface area (Å²) in [7, 11) is 0. The van der Waals surface area contributed by atoms with E-state index in [1.165, 1.54) is 0 Å². The molecule has 0 aliphatic rings. The van der Waals surface area contributed by atoms with Crippen LogP contribution in [0, 0.1) is 0 Å². The Kier molecular flexibility index (Phi) is 6.10. The van der Waals surface area contributed by atoms with Gasteiger partial charge in [-0.15, -0.1) is 0 Å². The van der Waals surface area contributed by atoms with E-state index in [9.17, 15) is 4.79 Å². The normalized spacial score (nSPS) is 10.2. The van der Waals surface area contributed by atoms with E-state index in [0.717, 1.165) is 12.0 Å². The number of anilines is 1. The summed E-state index contributed by atoms with van der Waals surface area (Å²) in [6.45, 7) is 3.51. The van der Waals surface area contributed by atoms with Gasteiger partial charge in [0.2, 0.25) is 0 Å². The van der Waals surface area contributed by atoms with E-state index in [4.69, 9.17) is 15.2 Å². The lowest BCUT2D eigenvalue weighted by atomic mass is 10.1. The summed E-state index contributed by atoms with van der Waals surface area (Å²) >= 11 is 0. The Hall–Kier alpha value is -1.55. The van der Waals surface area contributed by atoms with Crippen molar-refractivity contribution in [1.82, 2.24) is 0 Å². The maximum Gasteiger partial charge on any atom is 0.310 e. The molecule has 0 bridgehead atoms. The van der Waals surface area contributed by atoms with Gasteiger partial charge in [-0.25, -0.2) is 0 Å². The molecular formula is C13H19NO3. The van der Waals surface area contributed by atoms with Crippen LogP contribution in [-0.2, 0) is 20.7 Å². The van der Waals surface area contributed by atoms with Crippen molar-refractivity contribution in [2.75, 3.05) is 25.6 Å². The molecule has 17 heavy (non-hydrogen) atoms. The highest BCUT2D eigenvalue weighted by Crippen LogP contribution is 2.06. The monoisotopic (exact) mass is 237 g/mol. The van der Waals surface area contributed by atoms with Gasteiger partial charge in [0.05, 0.1) is 13.0 Å². The Morgan fingerprint density at radius 1 is 1.18 bits per heavy atom. The van der Waals surface area contributed by atoms with Gasteiger partial charge in [0.25, 0.3) is 0 Å². The Labute approximate surface area is 102 Å². The third-order valence-electron chi connectivity index (χ3n) is 2.17. The van der Waals surface area contributed by atoms with Crippen molar-refractivity contribution in [2.24, 2.45) is 0 Å². The van der Waals surface area contributed by atoms with E-state index in [0.29, 0.717) is 25.5 Å². The summed E-state index contributed by atoms with van der Waals surface area (Å²) in [5, 5.41) is 0. The van der Waals surface area contributed by atoms with Crippen LogP contribution in [0.5, 0.6) is 0 Å². The lowest BCUT2D eigenvalue weighted by Gasteiger charge is -2.05. The zero-order chi connectivity index (χ0) is 12.5. The standard InChI is InChI=1S/C13H19NO3/c1-2-7-16-8-9-17-13(15)10-11-3-5-12(14)6-4-11/h3-6H,2,7-10,14H2,1H3. The number of rotatable bonds is 7. The van der Waals surface area contributed by atoms with E-state index in [1.807, 2.05) is 19.1 Å². The number of ether oxygens (including phenoxy) is 2. The lowest BCUT2D eigenvalue weighted by Crippen LogP contribution is -2.12. The van der Waals surface area contributed by atoms with Gasteiger partial charge in [0, 0.05) is 12.3 Å². The zero-order valence-corrected chi connectivity index (χ0v) is 10.1. The highest BCUT2D eigenvalue weighted by molar-refractivity contribution is 5.72. The van der Waals surface area contributed by atoms with Crippen LogP contribution in [0.3, 0.4) is 0 Å². The number of hydrogen-bond acceptors (Lipinski definition) is 4. The van der Waals surface area contributed by atoms with Crippen molar-refractivity contribution in [3.8, 4) is 0 Å². The molecule has 2 N–H and O–H groups in total. The van der Waals surface area contributed by atoms with Crippen molar-refractivity contribution < 1.29 is 14.3 Å². The van der Waals surface area contributed by atoms with Crippen LogP contribution in [0.1, 0.15) is 18.9 Å². The van der Waals surface area contributed by atoms with Crippen molar-refractivity contribution in [3.05, 3.63) is 29.8 Å². The van der Waals surface area contributed by atoms with Gasteiger partial charge in [0.1, 0.15) is 6.61 Å². The first-order chi connectivity index (χ1) is 8.22. The molecule has 0 spiro atoms. The average Bonchev–Trinajstić information content (AvgIpc) is 2.32. The SMILES string of the molecule is CCCOCCOC(=O)Cc1ccc(N)cc1. The summed E-state index contributed by atoms with van der Waals surface area (Å²) in [4.78, 5) is 11.4. The second kappa shape index (κ2) is 7.68. The summed E-state index contributed by atoms with van der Waals surface area (Å²) in [6, 6.07) is 7.19. The molecule has 0 atom stereocenters. The van der Waals surface area contributed by atoms with E-state index in [1.54, 1.807) is 12.1 Å². The molecule has 0 amide bonds. The molecule has 4 heteroatoms. The maximum absolute atomic E-state index is 11.4. The van der Waals surface area contributed by atoms with Crippen LogP contribution >= 0.6 is 0 Å². The van der Waals surface area contributed by atoms with Gasteiger partial charge in [0.15, 0.2) is 0 Å². The van der Waals surface area contributed by atoms with E-state index < -0.39 is 0 Å². The molecule has 0 aromatic heterocycles. The predicted molar refractivity (Wildman–Crippen MR) is 66.6 cm³/mol. The smallest absolute Gasteiger partial charge is 0.310 e. The van der Waals surface area contributed by atoms with Crippen molar-refractivity contribution in [3.63, 3.8) is 0 Å². The molecule has 0 heterocycles. The molecule has 94 valence electrons. The van der Waals surface area contributed by atoms with E-state index >= 15 is 0 Å². The quantitative estimate of drug-likeness (QED) is 0.446. The Morgan fingerprint density at radius 2 is 1.88 bits per heavy atom. The molecule has 1 aromatic rings. The van der Waals surface area contributed by atoms with Gasteiger partial charge in [-0.3, -0.25) is 4.79 Å². The molecule has 0 aliphatic heterocycles. The molecule has 0 saturated heterocycles. The van der Waals surface area contributed by atoms with Crippen LogP contribution in [0.15, 0.2) is 24.3 Å². The fourth-order valence-corrected chi connectivity index (χ4v) is 1.31. The number of carbonyl (C=O) groups is 1. The minimum absolute atomic E-state index is 0.241. The van der Waals surface area contributed by atoms with Gasteiger partial charge < -0.3 is 15.2 Å². The predicted octanol–water partition coefficient (Wildman–Crippen LogP) is 1.78. The van der Waals surface area contributed by atoms with Crippen LogP contribution in [-0.4, -0.2) is 25.8 Å². The topological polar surface area (TPSA) is 61.5 Å². The molecule has 0 aliphatic carbocycles. The van der Waals surface area contributed by atoms with Crippen LogP contribution in [0.4, 0.5) is 5.69 Å². The minimum atomic E-state index is -0.241. The van der Waals surface area contributed by atoms with Crippen molar-refractivity contribution in [2.45, 2.75) is 19.8 Å². The summed E-state index contributed by atoms with van der Waals surface area (Å²) in [5.41, 5.74) is 7.14. The highest BCUT2D eigenvalue weighted by Gasteiger charge is 2.04. The molecule has 0 unspecified atom stereocenters. The largest absolute Gasteiger partial charge is 0.463 e. The third-order valence-corrected chi connectivity index (χ3v) is 2.17. The number of carbonyl (C=O) groups excluding carboxylic acids is 1. The van der Waals surface area contributed by atoms with Crippen LogP contribution < -0.4 is 5.73 Å².